The molecule has 1 N–H and O–H groups in total. The first kappa shape index (κ1) is 18.0. The molecule has 0 bridgehead atoms. The fraction of sp³-hybridized carbons (Fsp3) is 0.875. The molecule has 2 aliphatic heterocycles. The van der Waals surface area contributed by atoms with Crippen LogP contribution < -0.4 is 5.32 Å². The van der Waals surface area contributed by atoms with Gasteiger partial charge in [0.1, 0.15) is 0 Å². The first-order valence-corrected chi connectivity index (χ1v) is 8.90. The number of piperazine rings is 2. The molecule has 132 valence electrons. The van der Waals surface area contributed by atoms with Crippen molar-refractivity contribution in [1.82, 2.24) is 24.9 Å². The summed E-state index contributed by atoms with van der Waals surface area (Å²) in [7, 11) is 0. The molecule has 3 amide bonds. The van der Waals surface area contributed by atoms with E-state index >= 15 is 0 Å². The van der Waals surface area contributed by atoms with Crippen LogP contribution in [0.15, 0.2) is 0 Å². The fourth-order valence-corrected chi connectivity index (χ4v) is 3.18. The smallest absolute Gasteiger partial charge is 0.320 e. The number of hydrogen-bond donors (Lipinski definition) is 1. The van der Waals surface area contributed by atoms with Crippen LogP contribution in [0.1, 0.15) is 20.3 Å². The quantitative estimate of drug-likeness (QED) is 0.766. The molecule has 0 atom stereocenters. The van der Waals surface area contributed by atoms with Gasteiger partial charge < -0.3 is 20.0 Å². The van der Waals surface area contributed by atoms with Crippen LogP contribution >= 0.6 is 0 Å². The van der Waals surface area contributed by atoms with E-state index in [9.17, 15) is 9.59 Å². The first-order chi connectivity index (χ1) is 11.2. The molecule has 2 heterocycles. The summed E-state index contributed by atoms with van der Waals surface area (Å²) in [5, 5.41) is 3.26. The monoisotopic (exact) mass is 325 g/mol. The van der Waals surface area contributed by atoms with E-state index in [1.807, 2.05) is 28.5 Å². The Hall–Kier alpha value is -1.34. The Balaban J connectivity index is 1.68. The molecule has 0 aliphatic carbocycles. The third-order valence-electron chi connectivity index (χ3n) is 4.79. The minimum Gasteiger partial charge on any atom is -0.340 e. The molecule has 0 aromatic heterocycles. The van der Waals surface area contributed by atoms with Crippen LogP contribution in [-0.4, -0.2) is 104 Å². The number of carbonyl (C=O) groups is 2. The van der Waals surface area contributed by atoms with Crippen molar-refractivity contribution in [3.63, 3.8) is 0 Å². The van der Waals surface area contributed by atoms with Crippen molar-refractivity contribution in [2.75, 3.05) is 72.0 Å². The Kier molecular flexibility index (Phi) is 7.11. The normalized spacial score (nSPS) is 19.7. The van der Waals surface area contributed by atoms with Gasteiger partial charge in [0, 0.05) is 78.4 Å². The van der Waals surface area contributed by atoms with Crippen LogP contribution in [0.4, 0.5) is 4.79 Å². The zero-order chi connectivity index (χ0) is 16.7. The maximum Gasteiger partial charge on any atom is 0.320 e. The van der Waals surface area contributed by atoms with Crippen molar-refractivity contribution in [3.8, 4) is 0 Å². The Morgan fingerprint density at radius 3 is 2.09 bits per heavy atom. The second-order valence-corrected chi connectivity index (χ2v) is 6.16. The largest absolute Gasteiger partial charge is 0.340 e. The summed E-state index contributed by atoms with van der Waals surface area (Å²) in [5.41, 5.74) is 0. The van der Waals surface area contributed by atoms with Gasteiger partial charge in [-0.15, -0.1) is 0 Å². The summed E-state index contributed by atoms with van der Waals surface area (Å²) in [6.07, 6.45) is 0.587. The van der Waals surface area contributed by atoms with Gasteiger partial charge in [-0.25, -0.2) is 4.79 Å². The summed E-state index contributed by atoms with van der Waals surface area (Å²) < 4.78 is 0. The van der Waals surface area contributed by atoms with Crippen LogP contribution in [0, 0.1) is 0 Å². The SMILES string of the molecule is CCN(CC)C(=O)N1CCN(CCC(=O)N2CCNCC2)CC1. The molecule has 2 aliphatic rings. The molecule has 7 heteroatoms. The number of amides is 3. The van der Waals surface area contributed by atoms with Crippen LogP contribution in [0.25, 0.3) is 0 Å². The molecular formula is C16H31N5O2. The van der Waals surface area contributed by atoms with Crippen molar-refractivity contribution >= 4 is 11.9 Å². The topological polar surface area (TPSA) is 59.1 Å². The number of carbonyl (C=O) groups excluding carboxylic acids is 2. The van der Waals surface area contributed by atoms with Gasteiger partial charge in [0.05, 0.1) is 0 Å². The van der Waals surface area contributed by atoms with E-state index in [0.29, 0.717) is 6.42 Å². The molecule has 23 heavy (non-hydrogen) atoms. The molecule has 0 radical (unpaired) electrons. The number of hydrogen-bond acceptors (Lipinski definition) is 4. The highest BCUT2D eigenvalue weighted by molar-refractivity contribution is 5.76. The molecule has 0 aromatic rings. The summed E-state index contributed by atoms with van der Waals surface area (Å²) in [4.78, 5) is 32.5. The van der Waals surface area contributed by atoms with E-state index in [-0.39, 0.29) is 11.9 Å². The molecule has 2 rings (SSSR count). The molecule has 0 spiro atoms. The highest BCUT2D eigenvalue weighted by atomic mass is 16.2. The number of rotatable bonds is 5. The Bertz CT molecular complexity index is 386. The predicted molar refractivity (Wildman–Crippen MR) is 90.4 cm³/mol. The van der Waals surface area contributed by atoms with Crippen molar-refractivity contribution in [2.45, 2.75) is 20.3 Å². The summed E-state index contributed by atoms with van der Waals surface area (Å²) in [5.74, 6) is 0.258. The van der Waals surface area contributed by atoms with Crippen molar-refractivity contribution in [1.29, 1.82) is 0 Å². The van der Waals surface area contributed by atoms with Gasteiger partial charge in [-0.2, -0.15) is 0 Å². The van der Waals surface area contributed by atoms with Crippen molar-refractivity contribution in [2.24, 2.45) is 0 Å². The maximum absolute atomic E-state index is 12.3. The lowest BCUT2D eigenvalue weighted by molar-refractivity contribution is -0.132. The number of nitrogens with one attached hydrogen (secondary N) is 1. The molecule has 0 unspecified atom stereocenters. The van der Waals surface area contributed by atoms with Gasteiger partial charge in [-0.1, -0.05) is 0 Å². The van der Waals surface area contributed by atoms with E-state index in [4.69, 9.17) is 0 Å². The van der Waals surface area contributed by atoms with Gasteiger partial charge in [0.2, 0.25) is 5.91 Å². The van der Waals surface area contributed by atoms with E-state index in [1.54, 1.807) is 0 Å². The molecule has 2 fully saturated rings. The molecule has 0 saturated carbocycles. The Morgan fingerprint density at radius 2 is 1.52 bits per heavy atom. The molecular weight excluding hydrogens is 294 g/mol. The minimum absolute atomic E-state index is 0.145. The highest BCUT2D eigenvalue weighted by Crippen LogP contribution is 2.07. The lowest BCUT2D eigenvalue weighted by atomic mass is 10.2. The van der Waals surface area contributed by atoms with E-state index in [1.165, 1.54) is 0 Å². The Labute approximate surface area is 139 Å². The van der Waals surface area contributed by atoms with Gasteiger partial charge >= 0.3 is 6.03 Å². The minimum atomic E-state index is 0.145. The second-order valence-electron chi connectivity index (χ2n) is 6.16. The summed E-state index contributed by atoms with van der Waals surface area (Å²) >= 11 is 0. The average molecular weight is 325 g/mol. The molecule has 7 nitrogen and oxygen atoms in total. The molecule has 0 aromatic carbocycles. The first-order valence-electron chi connectivity index (χ1n) is 8.90. The van der Waals surface area contributed by atoms with E-state index in [0.717, 1.165) is 72.0 Å². The number of urea groups is 1. The van der Waals surface area contributed by atoms with Gasteiger partial charge in [0.15, 0.2) is 0 Å². The van der Waals surface area contributed by atoms with Gasteiger partial charge in [0.25, 0.3) is 0 Å². The lowest BCUT2D eigenvalue weighted by Crippen LogP contribution is -2.53. The van der Waals surface area contributed by atoms with Crippen molar-refractivity contribution < 1.29 is 9.59 Å². The zero-order valence-electron chi connectivity index (χ0n) is 14.6. The third kappa shape index (κ3) is 5.07. The highest BCUT2D eigenvalue weighted by Gasteiger charge is 2.24. The second kappa shape index (κ2) is 9.08. The average Bonchev–Trinajstić information content (AvgIpc) is 2.61. The predicted octanol–water partition coefficient (Wildman–Crippen LogP) is -0.112. The fourth-order valence-electron chi connectivity index (χ4n) is 3.18. The maximum atomic E-state index is 12.3. The van der Waals surface area contributed by atoms with Crippen molar-refractivity contribution in [3.05, 3.63) is 0 Å². The molecule has 2 saturated heterocycles. The van der Waals surface area contributed by atoms with E-state index in [2.05, 4.69) is 10.2 Å². The standard InChI is InChI=1S/C16H31N5O2/c1-3-19(4-2)16(23)21-13-11-18(12-14-21)8-5-15(22)20-9-6-17-7-10-20/h17H,3-14H2,1-2H3. The van der Waals surface area contributed by atoms with Crippen LogP contribution in [0.2, 0.25) is 0 Å². The summed E-state index contributed by atoms with van der Waals surface area (Å²) in [6.45, 7) is 13.0. The number of nitrogens with zero attached hydrogens (tertiary/aromatic N) is 4. The van der Waals surface area contributed by atoms with Crippen LogP contribution in [0.5, 0.6) is 0 Å². The van der Waals surface area contributed by atoms with Crippen LogP contribution in [0.3, 0.4) is 0 Å². The lowest BCUT2D eigenvalue weighted by Gasteiger charge is -2.37. The third-order valence-corrected chi connectivity index (χ3v) is 4.79. The van der Waals surface area contributed by atoms with Gasteiger partial charge in [-0.05, 0) is 13.8 Å². The zero-order valence-corrected chi connectivity index (χ0v) is 14.6. The summed E-state index contributed by atoms with van der Waals surface area (Å²) in [6, 6.07) is 0.145. The van der Waals surface area contributed by atoms with Gasteiger partial charge in [-0.3, -0.25) is 9.69 Å². The van der Waals surface area contributed by atoms with E-state index < -0.39 is 0 Å². The van der Waals surface area contributed by atoms with Crippen LogP contribution in [-0.2, 0) is 4.79 Å². The Morgan fingerprint density at radius 1 is 0.913 bits per heavy atom.